The van der Waals surface area contributed by atoms with E-state index in [2.05, 4.69) is 15.3 Å². The first-order valence-corrected chi connectivity index (χ1v) is 5.89. The number of benzene rings is 1. The molecule has 1 aromatic heterocycles. The van der Waals surface area contributed by atoms with Gasteiger partial charge < -0.3 is 5.32 Å². The van der Waals surface area contributed by atoms with Crippen molar-refractivity contribution in [2.24, 2.45) is 0 Å². The zero-order valence-corrected chi connectivity index (χ0v) is 10.7. The Hall–Kier alpha value is -1.97. The monoisotopic (exact) mass is 245 g/mol. The predicted molar refractivity (Wildman–Crippen MR) is 69.9 cm³/mol. The molecule has 4 heteroatoms. The average molecular weight is 245 g/mol. The molecule has 3 nitrogen and oxygen atoms in total. The van der Waals surface area contributed by atoms with Crippen molar-refractivity contribution in [1.29, 1.82) is 0 Å². The number of nitrogens with zero attached hydrogens (tertiary/aromatic N) is 2. The topological polar surface area (TPSA) is 37.8 Å². The van der Waals surface area contributed by atoms with Crippen LogP contribution in [0.4, 0.5) is 10.3 Å². The third-order valence-electron chi connectivity index (χ3n) is 2.68. The Kier molecular flexibility index (Phi) is 3.55. The van der Waals surface area contributed by atoms with Crippen molar-refractivity contribution in [2.75, 3.05) is 5.32 Å². The number of aryl methyl sites for hydroxylation is 2. The fraction of sp³-hybridized carbons (Fsp3) is 0.286. The molecule has 1 N–H and O–H groups in total. The van der Waals surface area contributed by atoms with Crippen LogP contribution in [0.2, 0.25) is 0 Å². The summed E-state index contributed by atoms with van der Waals surface area (Å²) in [7, 11) is 0. The second-order valence-corrected chi connectivity index (χ2v) is 4.40. The molecule has 0 amide bonds. The summed E-state index contributed by atoms with van der Waals surface area (Å²) < 4.78 is 13.1. The third kappa shape index (κ3) is 3.03. The Morgan fingerprint density at radius 2 is 1.78 bits per heavy atom. The molecule has 0 radical (unpaired) electrons. The van der Waals surface area contributed by atoms with E-state index >= 15 is 0 Å². The molecule has 1 unspecified atom stereocenters. The quantitative estimate of drug-likeness (QED) is 0.900. The summed E-state index contributed by atoms with van der Waals surface area (Å²) in [5, 5.41) is 3.18. The van der Waals surface area contributed by atoms with Crippen LogP contribution in [0.3, 0.4) is 0 Å². The van der Waals surface area contributed by atoms with E-state index in [-0.39, 0.29) is 11.9 Å². The van der Waals surface area contributed by atoms with Crippen LogP contribution in [0.25, 0.3) is 0 Å². The van der Waals surface area contributed by atoms with Crippen LogP contribution in [0.5, 0.6) is 0 Å². The molecular weight excluding hydrogens is 229 g/mol. The van der Waals surface area contributed by atoms with Crippen molar-refractivity contribution in [1.82, 2.24) is 9.97 Å². The molecule has 1 heterocycles. The van der Waals surface area contributed by atoms with E-state index in [4.69, 9.17) is 0 Å². The number of aromatic nitrogens is 2. The molecule has 2 aromatic rings. The highest BCUT2D eigenvalue weighted by Gasteiger charge is 2.08. The average Bonchev–Trinajstić information content (AvgIpc) is 2.27. The number of hydrogen-bond acceptors (Lipinski definition) is 3. The lowest BCUT2D eigenvalue weighted by molar-refractivity contribution is 0.623. The molecule has 0 saturated carbocycles. The lowest BCUT2D eigenvalue weighted by atomic mass is 10.1. The summed E-state index contributed by atoms with van der Waals surface area (Å²) in [5.41, 5.74) is 2.70. The van der Waals surface area contributed by atoms with Gasteiger partial charge in [0, 0.05) is 11.4 Å². The van der Waals surface area contributed by atoms with Crippen LogP contribution in [0.1, 0.15) is 29.9 Å². The van der Waals surface area contributed by atoms with Crippen molar-refractivity contribution in [3.63, 3.8) is 0 Å². The van der Waals surface area contributed by atoms with Crippen LogP contribution in [-0.4, -0.2) is 9.97 Å². The fourth-order valence-corrected chi connectivity index (χ4v) is 1.84. The standard InChI is InChI=1S/C14H16FN3/c1-9-7-10(2)17-14(16-9)18-11(3)12-5-4-6-13(15)8-12/h4-8,11H,1-3H3,(H,16,17,18). The van der Waals surface area contributed by atoms with Gasteiger partial charge in [-0.25, -0.2) is 14.4 Å². The number of halogens is 1. The van der Waals surface area contributed by atoms with Gasteiger partial charge in [-0.2, -0.15) is 0 Å². The molecule has 0 fully saturated rings. The Balaban J connectivity index is 2.18. The van der Waals surface area contributed by atoms with Crippen LogP contribution in [0.15, 0.2) is 30.3 Å². The van der Waals surface area contributed by atoms with Gasteiger partial charge in [0.2, 0.25) is 5.95 Å². The lowest BCUT2D eigenvalue weighted by Crippen LogP contribution is -2.10. The maximum Gasteiger partial charge on any atom is 0.223 e. The van der Waals surface area contributed by atoms with E-state index in [0.717, 1.165) is 17.0 Å². The van der Waals surface area contributed by atoms with Gasteiger partial charge in [-0.15, -0.1) is 0 Å². The van der Waals surface area contributed by atoms with E-state index in [1.54, 1.807) is 6.07 Å². The normalized spacial score (nSPS) is 12.2. The van der Waals surface area contributed by atoms with Gasteiger partial charge in [0.05, 0.1) is 6.04 Å². The molecule has 18 heavy (non-hydrogen) atoms. The summed E-state index contributed by atoms with van der Waals surface area (Å²) in [5.74, 6) is 0.340. The highest BCUT2D eigenvalue weighted by Crippen LogP contribution is 2.17. The van der Waals surface area contributed by atoms with Crippen LogP contribution < -0.4 is 5.32 Å². The van der Waals surface area contributed by atoms with E-state index in [0.29, 0.717) is 5.95 Å². The van der Waals surface area contributed by atoms with Gasteiger partial charge in [0.15, 0.2) is 0 Å². The molecule has 0 aliphatic heterocycles. The second kappa shape index (κ2) is 5.12. The van der Waals surface area contributed by atoms with Gasteiger partial charge in [-0.05, 0) is 44.5 Å². The van der Waals surface area contributed by atoms with Crippen molar-refractivity contribution < 1.29 is 4.39 Å². The lowest BCUT2D eigenvalue weighted by Gasteiger charge is -2.14. The van der Waals surface area contributed by atoms with Gasteiger partial charge in [-0.3, -0.25) is 0 Å². The molecular formula is C14H16FN3. The Morgan fingerprint density at radius 1 is 1.11 bits per heavy atom. The maximum atomic E-state index is 13.1. The van der Waals surface area contributed by atoms with Gasteiger partial charge in [-0.1, -0.05) is 12.1 Å². The molecule has 0 bridgehead atoms. The summed E-state index contributed by atoms with van der Waals surface area (Å²) in [6.45, 7) is 5.80. The third-order valence-corrected chi connectivity index (χ3v) is 2.68. The van der Waals surface area contributed by atoms with Crippen molar-refractivity contribution in [3.05, 3.63) is 53.1 Å². The molecule has 0 aliphatic rings. The number of rotatable bonds is 3. The van der Waals surface area contributed by atoms with E-state index in [9.17, 15) is 4.39 Å². The van der Waals surface area contributed by atoms with Crippen LogP contribution >= 0.6 is 0 Å². The molecule has 1 atom stereocenters. The van der Waals surface area contributed by atoms with Crippen LogP contribution in [0, 0.1) is 19.7 Å². The first-order chi connectivity index (χ1) is 8.54. The van der Waals surface area contributed by atoms with Gasteiger partial charge in [0.1, 0.15) is 5.82 Å². The summed E-state index contributed by atoms with van der Waals surface area (Å²) in [4.78, 5) is 8.61. The summed E-state index contributed by atoms with van der Waals surface area (Å²) in [6.07, 6.45) is 0. The first kappa shape index (κ1) is 12.5. The number of anilines is 1. The Bertz CT molecular complexity index is 534. The highest BCUT2D eigenvalue weighted by molar-refractivity contribution is 5.33. The van der Waals surface area contributed by atoms with E-state index < -0.39 is 0 Å². The summed E-state index contributed by atoms with van der Waals surface area (Å²) >= 11 is 0. The SMILES string of the molecule is Cc1cc(C)nc(NC(C)c2cccc(F)c2)n1. The van der Waals surface area contributed by atoms with Crippen molar-refractivity contribution in [2.45, 2.75) is 26.8 Å². The zero-order chi connectivity index (χ0) is 13.1. The highest BCUT2D eigenvalue weighted by atomic mass is 19.1. The largest absolute Gasteiger partial charge is 0.348 e. The predicted octanol–water partition coefficient (Wildman–Crippen LogP) is 3.41. The number of nitrogens with one attached hydrogen (secondary N) is 1. The Morgan fingerprint density at radius 3 is 2.39 bits per heavy atom. The zero-order valence-electron chi connectivity index (χ0n) is 10.7. The number of hydrogen-bond donors (Lipinski definition) is 1. The van der Waals surface area contributed by atoms with Gasteiger partial charge >= 0.3 is 0 Å². The first-order valence-electron chi connectivity index (χ1n) is 5.89. The van der Waals surface area contributed by atoms with Crippen molar-refractivity contribution >= 4 is 5.95 Å². The minimum atomic E-state index is -0.234. The second-order valence-electron chi connectivity index (χ2n) is 4.40. The van der Waals surface area contributed by atoms with E-state index in [1.165, 1.54) is 12.1 Å². The molecule has 1 aromatic carbocycles. The minimum Gasteiger partial charge on any atom is -0.348 e. The fourth-order valence-electron chi connectivity index (χ4n) is 1.84. The Labute approximate surface area is 106 Å². The maximum absolute atomic E-state index is 13.1. The van der Waals surface area contributed by atoms with E-state index in [1.807, 2.05) is 32.9 Å². The molecule has 0 aliphatic carbocycles. The smallest absolute Gasteiger partial charge is 0.223 e. The summed E-state index contributed by atoms with van der Waals surface area (Å²) in [6, 6.07) is 8.40. The van der Waals surface area contributed by atoms with Crippen molar-refractivity contribution in [3.8, 4) is 0 Å². The molecule has 0 saturated heterocycles. The molecule has 2 rings (SSSR count). The molecule has 0 spiro atoms. The molecule has 94 valence electrons. The van der Waals surface area contributed by atoms with Gasteiger partial charge in [0.25, 0.3) is 0 Å². The minimum absolute atomic E-state index is 0.0399. The van der Waals surface area contributed by atoms with Crippen LogP contribution in [-0.2, 0) is 0 Å².